The Morgan fingerprint density at radius 3 is 1.29 bits per heavy atom. The van der Waals surface area contributed by atoms with Gasteiger partial charge < -0.3 is 14.4 Å². The van der Waals surface area contributed by atoms with Gasteiger partial charge >= 0.3 is 0 Å². The summed E-state index contributed by atoms with van der Waals surface area (Å²) in [6, 6.07) is 110. The molecule has 0 saturated heterocycles. The number of rotatable bonds is 6. The predicted molar refractivity (Wildman–Crippen MR) is 404 cm³/mol. The van der Waals surface area contributed by atoms with E-state index in [0.29, 0.717) is 0 Å². The number of benzene rings is 13. The number of hydrogen-bond acceptors (Lipinski definition) is 2. The number of para-hydroxylation sites is 1. The first-order valence-corrected chi connectivity index (χ1v) is 33.9. The Labute approximate surface area is 559 Å². The topological polar surface area (TPSA) is 11.4 Å². The van der Waals surface area contributed by atoms with Gasteiger partial charge in [0.05, 0.1) is 27.8 Å². The highest BCUT2D eigenvalue weighted by molar-refractivity contribution is 7.00. The molecule has 0 fully saturated rings. The van der Waals surface area contributed by atoms with Gasteiger partial charge in [0, 0.05) is 50.3 Å². The summed E-state index contributed by atoms with van der Waals surface area (Å²) in [4.78, 5) is 5.33. The number of anilines is 6. The van der Waals surface area contributed by atoms with Gasteiger partial charge in [0.2, 0.25) is 0 Å². The van der Waals surface area contributed by atoms with E-state index in [2.05, 4.69) is 362 Å². The molecule has 18 rings (SSSR count). The van der Waals surface area contributed by atoms with E-state index in [1.807, 2.05) is 0 Å². The van der Waals surface area contributed by atoms with E-state index in [1.165, 1.54) is 150 Å². The van der Waals surface area contributed by atoms with Gasteiger partial charge in [0.25, 0.3) is 6.71 Å². The fourth-order valence-electron chi connectivity index (χ4n) is 16.8. The molecule has 0 N–H and O–H groups in total. The first kappa shape index (κ1) is 57.0. The first-order chi connectivity index (χ1) is 46.0. The third kappa shape index (κ3) is 8.45. The molecule has 0 saturated carbocycles. The fourth-order valence-corrected chi connectivity index (χ4v) is 16.8. The molecular weight excluding hydrogens is 1150 g/mol. The molecule has 14 aromatic rings. The van der Waals surface area contributed by atoms with Gasteiger partial charge in [-0.25, -0.2) is 0 Å². The smallest absolute Gasteiger partial charge is 0.252 e. The lowest BCUT2D eigenvalue weighted by Gasteiger charge is -2.46. The highest BCUT2D eigenvalue weighted by Gasteiger charge is 2.52. The maximum atomic E-state index is 2.69. The third-order valence-corrected chi connectivity index (χ3v) is 21.4. The van der Waals surface area contributed by atoms with Crippen LogP contribution >= 0.6 is 0 Å². The Morgan fingerprint density at radius 1 is 0.274 bits per heavy atom. The Bertz CT molecular complexity index is 5450. The second kappa shape index (κ2) is 20.7. The van der Waals surface area contributed by atoms with Gasteiger partial charge in [-0.15, -0.1) is 0 Å². The molecule has 4 heteroatoms. The summed E-state index contributed by atoms with van der Waals surface area (Å²) in [5.74, 6) is 0. The van der Waals surface area contributed by atoms with E-state index in [9.17, 15) is 0 Å². The van der Waals surface area contributed by atoms with E-state index < -0.39 is 5.41 Å². The molecule has 0 unspecified atom stereocenters. The molecule has 0 bridgehead atoms. The van der Waals surface area contributed by atoms with E-state index in [1.54, 1.807) is 0 Å². The quantitative estimate of drug-likeness (QED) is 0.154. The fraction of sp³-hybridized carbons (Fsp3) is 0.143. The molecule has 95 heavy (non-hydrogen) atoms. The Balaban J connectivity index is 0.960. The highest BCUT2D eigenvalue weighted by atomic mass is 15.2. The Morgan fingerprint density at radius 2 is 0.747 bits per heavy atom. The van der Waals surface area contributed by atoms with Crippen LogP contribution in [0.1, 0.15) is 101 Å². The minimum atomic E-state index is -0.502. The van der Waals surface area contributed by atoms with Gasteiger partial charge in [-0.3, -0.25) is 0 Å². The molecule has 13 aromatic carbocycles. The van der Waals surface area contributed by atoms with Crippen molar-refractivity contribution >= 4 is 79.0 Å². The Kier molecular flexibility index (Phi) is 12.4. The summed E-state index contributed by atoms with van der Waals surface area (Å²) in [5, 5.41) is 2.48. The molecule has 3 nitrogen and oxygen atoms in total. The van der Waals surface area contributed by atoms with Crippen LogP contribution < -0.4 is 26.2 Å². The van der Waals surface area contributed by atoms with Crippen LogP contribution in [-0.2, 0) is 21.7 Å². The van der Waals surface area contributed by atoms with E-state index in [0.717, 1.165) is 22.7 Å². The second-order valence-corrected chi connectivity index (χ2v) is 30.0. The van der Waals surface area contributed by atoms with Gasteiger partial charge in [0.1, 0.15) is 0 Å². The summed E-state index contributed by atoms with van der Waals surface area (Å²) < 4.78 is 2.59. The maximum absolute atomic E-state index is 2.69. The number of aromatic nitrogens is 1. The molecule has 456 valence electrons. The van der Waals surface area contributed by atoms with E-state index in [4.69, 9.17) is 0 Å². The lowest BCUT2D eigenvalue weighted by Crippen LogP contribution is -2.61. The number of hydrogen-bond donors (Lipinski definition) is 0. The zero-order valence-corrected chi connectivity index (χ0v) is 55.6. The SMILES string of the molecule is CC(C)(C)c1ccc(N2c3ccc(-c4ccccc4)cc3B3c4ccc(-n5c6ccccc6c6cc7c(cc65)C5(c6ccccc6-c6ccccc65)c5ccccc5-7)cc4N(c4ccc(C(C)(C)C)cc4-c4ccccc4)c4cc(C(C)(C)C)cc2c43)c(-c2ccccc2)c1. The highest BCUT2D eigenvalue weighted by Crippen LogP contribution is 2.64. The molecule has 0 radical (unpaired) electrons. The van der Waals surface area contributed by atoms with Crippen LogP contribution in [-0.4, -0.2) is 11.3 Å². The van der Waals surface area contributed by atoms with Crippen molar-refractivity contribution in [2.75, 3.05) is 9.80 Å². The van der Waals surface area contributed by atoms with Crippen molar-refractivity contribution in [3.63, 3.8) is 0 Å². The van der Waals surface area contributed by atoms with Crippen molar-refractivity contribution in [1.29, 1.82) is 0 Å². The average molecular weight is 1220 g/mol. The molecule has 1 aromatic heterocycles. The molecule has 2 aliphatic heterocycles. The van der Waals surface area contributed by atoms with E-state index >= 15 is 0 Å². The minimum absolute atomic E-state index is 0.0768. The molecule has 0 atom stereocenters. The van der Waals surface area contributed by atoms with Crippen LogP contribution in [0.3, 0.4) is 0 Å². The first-order valence-electron chi connectivity index (χ1n) is 33.9. The van der Waals surface area contributed by atoms with Crippen LogP contribution in [0.2, 0.25) is 0 Å². The molecule has 2 aliphatic carbocycles. The van der Waals surface area contributed by atoms with Gasteiger partial charge in [0.15, 0.2) is 0 Å². The largest absolute Gasteiger partial charge is 0.311 e. The molecule has 1 spiro atoms. The van der Waals surface area contributed by atoms with Crippen LogP contribution in [0, 0.1) is 0 Å². The molecule has 3 heterocycles. The Hall–Kier alpha value is -10.7. The van der Waals surface area contributed by atoms with Crippen molar-refractivity contribution in [3.05, 3.63) is 324 Å². The van der Waals surface area contributed by atoms with Crippen molar-refractivity contribution in [3.8, 4) is 61.3 Å². The van der Waals surface area contributed by atoms with Crippen molar-refractivity contribution in [2.45, 2.75) is 84.0 Å². The summed E-state index contributed by atoms with van der Waals surface area (Å²) in [7, 11) is 0. The second-order valence-electron chi connectivity index (χ2n) is 30.0. The van der Waals surface area contributed by atoms with Crippen molar-refractivity contribution < 1.29 is 0 Å². The van der Waals surface area contributed by atoms with Crippen LogP contribution in [0.25, 0.3) is 83.1 Å². The summed E-state index contributed by atoms with van der Waals surface area (Å²) in [6.45, 7) is 21.0. The summed E-state index contributed by atoms with van der Waals surface area (Å²) >= 11 is 0. The molecule has 4 aliphatic rings. The standard InChI is InChI=1S/C91H74BN3/c1-88(2,3)61-42-47-80(69(50-61)58-29-15-11-16-30-58)94-82-46-41-60(57-27-13-10-14-28-57)49-78(82)92-77-45-44-64(54-84(77)95(86-53-63(90(7,8)9)52-85(94)87(86)92)81-48-43-62(89(4,5)6)51-70(81)59-31-17-12-18-32-59)93-79-40-26-22-36-68(79)72-55-71-67-35-21-25-39-75(67)91(76(71)56-83(72)93)73-37-23-19-33-65(73)66-34-20-24-38-74(66)91/h10-56H,1-9H3. The monoisotopic (exact) mass is 1220 g/mol. The summed E-state index contributed by atoms with van der Waals surface area (Å²) in [5.41, 5.74) is 35.0. The maximum Gasteiger partial charge on any atom is 0.252 e. The lowest BCUT2D eigenvalue weighted by atomic mass is 9.33. The van der Waals surface area contributed by atoms with Crippen molar-refractivity contribution in [1.82, 2.24) is 4.57 Å². The average Bonchev–Trinajstić information content (AvgIpc) is 1.61. The third-order valence-electron chi connectivity index (χ3n) is 21.4. The van der Waals surface area contributed by atoms with Crippen LogP contribution in [0.4, 0.5) is 34.1 Å². The molecule has 0 amide bonds. The summed E-state index contributed by atoms with van der Waals surface area (Å²) in [6.07, 6.45) is 0. The zero-order valence-electron chi connectivity index (χ0n) is 55.6. The predicted octanol–water partition coefficient (Wildman–Crippen LogP) is 22.1. The number of fused-ring (bicyclic) bond motifs is 17. The van der Waals surface area contributed by atoms with Crippen molar-refractivity contribution in [2.24, 2.45) is 0 Å². The van der Waals surface area contributed by atoms with Gasteiger partial charge in [-0.2, -0.15) is 0 Å². The van der Waals surface area contributed by atoms with Gasteiger partial charge in [-0.1, -0.05) is 275 Å². The minimum Gasteiger partial charge on any atom is -0.311 e. The van der Waals surface area contributed by atoms with E-state index in [-0.39, 0.29) is 23.0 Å². The van der Waals surface area contributed by atoms with Crippen LogP contribution in [0.15, 0.2) is 285 Å². The normalized spacial score (nSPS) is 14.0. The van der Waals surface area contributed by atoms with Crippen LogP contribution in [0.5, 0.6) is 0 Å². The molecular formula is C91H74BN3. The number of nitrogens with zero attached hydrogens (tertiary/aromatic N) is 3. The van der Waals surface area contributed by atoms with Gasteiger partial charge in [-0.05, 0) is 189 Å². The lowest BCUT2D eigenvalue weighted by molar-refractivity contribution is 0.590. The zero-order chi connectivity index (χ0) is 64.4.